The summed E-state index contributed by atoms with van der Waals surface area (Å²) in [4.78, 5) is 4.20. The van der Waals surface area contributed by atoms with Crippen molar-refractivity contribution in [3.05, 3.63) is 57.9 Å². The van der Waals surface area contributed by atoms with Crippen molar-refractivity contribution in [1.29, 1.82) is 0 Å². The average molecular weight is 289 g/mol. The van der Waals surface area contributed by atoms with Crippen LogP contribution in [0.3, 0.4) is 0 Å². The molecular formula is C16H17ClN2O. The predicted molar refractivity (Wildman–Crippen MR) is 80.3 cm³/mol. The van der Waals surface area contributed by atoms with E-state index in [0.717, 1.165) is 40.6 Å². The summed E-state index contributed by atoms with van der Waals surface area (Å²) in [6, 6.07) is 7.85. The maximum atomic E-state index is 6.31. The molecule has 0 radical (unpaired) electrons. The monoisotopic (exact) mass is 288 g/mol. The number of halogens is 1. The first-order valence-corrected chi connectivity index (χ1v) is 7.13. The smallest absolute Gasteiger partial charge is 0.125 e. The van der Waals surface area contributed by atoms with E-state index in [1.54, 1.807) is 6.20 Å². The van der Waals surface area contributed by atoms with Crippen LogP contribution in [0.5, 0.6) is 5.75 Å². The molecule has 2 aromatic rings. The van der Waals surface area contributed by atoms with Crippen molar-refractivity contribution in [2.24, 2.45) is 5.73 Å². The van der Waals surface area contributed by atoms with Crippen LogP contribution < -0.4 is 10.5 Å². The minimum atomic E-state index is -0.0801. The van der Waals surface area contributed by atoms with Gasteiger partial charge in [-0.3, -0.25) is 4.98 Å². The van der Waals surface area contributed by atoms with E-state index in [4.69, 9.17) is 22.1 Å². The van der Waals surface area contributed by atoms with E-state index in [9.17, 15) is 0 Å². The number of pyridine rings is 1. The van der Waals surface area contributed by atoms with Crippen LogP contribution in [0.1, 0.15) is 28.4 Å². The molecule has 0 amide bonds. The van der Waals surface area contributed by atoms with Gasteiger partial charge in [0.05, 0.1) is 6.61 Å². The molecule has 0 aliphatic carbocycles. The molecule has 20 heavy (non-hydrogen) atoms. The first kappa shape index (κ1) is 13.4. The number of nitrogens with two attached hydrogens (primary N) is 1. The number of nitrogens with zero attached hydrogens (tertiary/aromatic N) is 1. The Balaban J connectivity index is 1.88. The second-order valence-electron chi connectivity index (χ2n) is 5.19. The van der Waals surface area contributed by atoms with Crippen molar-refractivity contribution in [3.63, 3.8) is 0 Å². The first-order valence-electron chi connectivity index (χ1n) is 6.76. The van der Waals surface area contributed by atoms with Crippen LogP contribution in [-0.4, -0.2) is 11.6 Å². The minimum Gasteiger partial charge on any atom is -0.493 e. The van der Waals surface area contributed by atoms with Crippen LogP contribution in [-0.2, 0) is 12.8 Å². The van der Waals surface area contributed by atoms with Crippen molar-refractivity contribution in [2.45, 2.75) is 25.8 Å². The number of rotatable bonds is 3. The number of aryl methyl sites for hydroxylation is 1. The number of benzene rings is 1. The Morgan fingerprint density at radius 2 is 2.25 bits per heavy atom. The fraction of sp³-hybridized carbons (Fsp3) is 0.312. The van der Waals surface area contributed by atoms with Crippen LogP contribution in [0, 0.1) is 6.92 Å². The van der Waals surface area contributed by atoms with E-state index in [-0.39, 0.29) is 6.04 Å². The van der Waals surface area contributed by atoms with Gasteiger partial charge in [0.25, 0.3) is 0 Å². The highest BCUT2D eigenvalue weighted by atomic mass is 35.5. The van der Waals surface area contributed by atoms with Crippen molar-refractivity contribution in [3.8, 4) is 5.75 Å². The summed E-state index contributed by atoms with van der Waals surface area (Å²) in [5.41, 5.74) is 10.7. The van der Waals surface area contributed by atoms with Crippen LogP contribution >= 0.6 is 11.6 Å². The molecule has 1 atom stereocenters. The largest absolute Gasteiger partial charge is 0.493 e. The lowest BCUT2D eigenvalue weighted by atomic mass is 9.97. The SMILES string of the molecule is Cc1cc(C(N)Cc2cc(Cl)cc3c2OCC3)ccn1. The molecule has 2 heterocycles. The summed E-state index contributed by atoms with van der Waals surface area (Å²) in [6.45, 7) is 2.70. The second-order valence-corrected chi connectivity index (χ2v) is 5.63. The van der Waals surface area contributed by atoms with Gasteiger partial charge < -0.3 is 10.5 Å². The lowest BCUT2D eigenvalue weighted by molar-refractivity contribution is 0.352. The van der Waals surface area contributed by atoms with Gasteiger partial charge in [0.15, 0.2) is 0 Å². The number of hydrogen-bond donors (Lipinski definition) is 1. The second kappa shape index (κ2) is 5.43. The van der Waals surface area contributed by atoms with Crippen molar-refractivity contribution in [2.75, 3.05) is 6.61 Å². The molecule has 1 unspecified atom stereocenters. The van der Waals surface area contributed by atoms with Crippen molar-refractivity contribution < 1.29 is 4.74 Å². The normalized spacial score (nSPS) is 14.8. The fourth-order valence-corrected chi connectivity index (χ4v) is 2.91. The third-order valence-electron chi connectivity index (χ3n) is 3.61. The zero-order valence-electron chi connectivity index (χ0n) is 11.4. The number of aromatic nitrogens is 1. The maximum absolute atomic E-state index is 6.31. The van der Waals surface area contributed by atoms with E-state index in [1.807, 2.05) is 31.2 Å². The quantitative estimate of drug-likeness (QED) is 0.943. The summed E-state index contributed by atoms with van der Waals surface area (Å²) >= 11 is 6.18. The van der Waals surface area contributed by atoms with Gasteiger partial charge in [0.2, 0.25) is 0 Å². The molecule has 0 saturated heterocycles. The molecule has 1 aromatic carbocycles. The molecule has 0 bridgehead atoms. The molecule has 0 fully saturated rings. The summed E-state index contributed by atoms with van der Waals surface area (Å²) in [7, 11) is 0. The predicted octanol–water partition coefficient (Wildman–Crippen LogP) is 3.22. The maximum Gasteiger partial charge on any atom is 0.125 e. The van der Waals surface area contributed by atoms with Gasteiger partial charge in [-0.05, 0) is 54.3 Å². The Labute approximate surface area is 123 Å². The van der Waals surface area contributed by atoms with E-state index >= 15 is 0 Å². The zero-order chi connectivity index (χ0) is 14.1. The van der Waals surface area contributed by atoms with E-state index in [2.05, 4.69) is 4.98 Å². The Bertz CT molecular complexity index is 642. The molecule has 2 N–H and O–H groups in total. The Morgan fingerprint density at radius 1 is 1.40 bits per heavy atom. The van der Waals surface area contributed by atoms with Crippen molar-refractivity contribution >= 4 is 11.6 Å². The van der Waals surface area contributed by atoms with Gasteiger partial charge in [-0.15, -0.1) is 0 Å². The standard InChI is InChI=1S/C16H17ClN2O/c1-10-6-11(2-4-19-10)15(18)9-13-8-14(17)7-12-3-5-20-16(12)13/h2,4,6-8,15H,3,5,9,18H2,1H3. The molecule has 0 spiro atoms. The molecule has 104 valence electrons. The third-order valence-corrected chi connectivity index (χ3v) is 3.83. The van der Waals surface area contributed by atoms with Gasteiger partial charge in [-0.1, -0.05) is 11.6 Å². The molecule has 4 heteroatoms. The molecule has 3 nitrogen and oxygen atoms in total. The van der Waals surface area contributed by atoms with Crippen molar-refractivity contribution in [1.82, 2.24) is 4.98 Å². The fourth-order valence-electron chi connectivity index (χ4n) is 2.65. The van der Waals surface area contributed by atoms with Gasteiger partial charge in [0, 0.05) is 29.4 Å². The highest BCUT2D eigenvalue weighted by Gasteiger charge is 2.19. The molecule has 1 aliphatic heterocycles. The Morgan fingerprint density at radius 3 is 3.05 bits per heavy atom. The number of hydrogen-bond acceptors (Lipinski definition) is 3. The van der Waals surface area contributed by atoms with Gasteiger partial charge in [-0.2, -0.15) is 0 Å². The lowest BCUT2D eigenvalue weighted by Gasteiger charge is -2.15. The summed E-state index contributed by atoms with van der Waals surface area (Å²) < 4.78 is 5.72. The highest BCUT2D eigenvalue weighted by Crippen LogP contribution is 2.34. The van der Waals surface area contributed by atoms with Crippen LogP contribution in [0.15, 0.2) is 30.5 Å². The molecule has 1 aliphatic rings. The van der Waals surface area contributed by atoms with Gasteiger partial charge in [0.1, 0.15) is 5.75 Å². The van der Waals surface area contributed by atoms with E-state index in [1.165, 1.54) is 5.56 Å². The molecule has 1 aromatic heterocycles. The topological polar surface area (TPSA) is 48.1 Å². The van der Waals surface area contributed by atoms with Crippen LogP contribution in [0.4, 0.5) is 0 Å². The Kier molecular flexibility index (Phi) is 3.64. The van der Waals surface area contributed by atoms with Gasteiger partial charge >= 0.3 is 0 Å². The van der Waals surface area contributed by atoms with E-state index in [0.29, 0.717) is 6.42 Å². The summed E-state index contributed by atoms with van der Waals surface area (Å²) in [5.74, 6) is 0.968. The lowest BCUT2D eigenvalue weighted by Crippen LogP contribution is -2.14. The first-order chi connectivity index (χ1) is 9.63. The molecule has 3 rings (SSSR count). The molecule has 0 saturated carbocycles. The average Bonchev–Trinajstić information content (AvgIpc) is 2.86. The Hall–Kier alpha value is -1.58. The van der Waals surface area contributed by atoms with Crippen LogP contribution in [0.2, 0.25) is 5.02 Å². The van der Waals surface area contributed by atoms with Crippen LogP contribution in [0.25, 0.3) is 0 Å². The summed E-state index contributed by atoms with van der Waals surface area (Å²) in [6.07, 6.45) is 3.43. The highest BCUT2D eigenvalue weighted by molar-refractivity contribution is 6.30. The summed E-state index contributed by atoms with van der Waals surface area (Å²) in [5, 5.41) is 0.752. The minimum absolute atomic E-state index is 0.0801. The number of fused-ring (bicyclic) bond motifs is 1. The molecular weight excluding hydrogens is 272 g/mol. The van der Waals surface area contributed by atoms with E-state index < -0.39 is 0 Å². The van der Waals surface area contributed by atoms with Gasteiger partial charge in [-0.25, -0.2) is 0 Å². The zero-order valence-corrected chi connectivity index (χ0v) is 12.2. The number of ether oxygens (including phenoxy) is 1. The third kappa shape index (κ3) is 2.65.